The Morgan fingerprint density at radius 1 is 1.10 bits per heavy atom. The van der Waals surface area contributed by atoms with Crippen LogP contribution in [-0.2, 0) is 12.2 Å². The summed E-state index contributed by atoms with van der Waals surface area (Å²) in [5.41, 5.74) is -0.278. The molecule has 0 spiro atoms. The monoisotopic (exact) mass is 397 g/mol. The van der Waals surface area contributed by atoms with E-state index in [0.717, 1.165) is 0 Å². The van der Waals surface area contributed by atoms with E-state index in [0.29, 0.717) is 41.7 Å². The highest BCUT2D eigenvalue weighted by Crippen LogP contribution is 2.30. The summed E-state index contributed by atoms with van der Waals surface area (Å²) in [6.07, 6.45) is 0. The molecule has 1 aliphatic heterocycles. The molecule has 29 heavy (non-hydrogen) atoms. The zero-order valence-electron chi connectivity index (χ0n) is 16.4. The number of pyridine rings is 1. The third-order valence-electron chi connectivity index (χ3n) is 5.12. The van der Waals surface area contributed by atoms with Crippen molar-refractivity contribution in [2.45, 2.75) is 39.0 Å². The molecule has 2 aromatic heterocycles. The van der Waals surface area contributed by atoms with E-state index in [9.17, 15) is 13.6 Å². The summed E-state index contributed by atoms with van der Waals surface area (Å²) in [5.74, 6) is 0.608. The Morgan fingerprint density at radius 3 is 2.52 bits per heavy atom. The first-order chi connectivity index (χ1) is 13.8. The molecule has 1 amide bonds. The number of fused-ring (bicyclic) bond motifs is 1. The second-order valence-corrected chi connectivity index (χ2v) is 7.60. The topological polar surface area (TPSA) is 63.9 Å². The normalized spacial score (nSPS) is 16.6. The van der Waals surface area contributed by atoms with Gasteiger partial charge in [-0.2, -0.15) is 0 Å². The van der Waals surface area contributed by atoms with E-state index in [1.807, 2.05) is 11.5 Å². The van der Waals surface area contributed by atoms with Crippen molar-refractivity contribution in [2.75, 3.05) is 6.54 Å². The van der Waals surface area contributed by atoms with Crippen LogP contribution in [0.1, 0.15) is 48.7 Å². The second-order valence-electron chi connectivity index (χ2n) is 7.60. The molecule has 0 saturated carbocycles. The molecule has 1 atom stereocenters. The average Bonchev–Trinajstić information content (AvgIpc) is 3.13. The highest BCUT2D eigenvalue weighted by atomic mass is 19.1. The van der Waals surface area contributed by atoms with Crippen LogP contribution in [0.2, 0.25) is 0 Å². The molecule has 150 valence electrons. The van der Waals surface area contributed by atoms with Gasteiger partial charge in [-0.3, -0.25) is 4.79 Å². The van der Waals surface area contributed by atoms with Crippen LogP contribution in [0.3, 0.4) is 0 Å². The van der Waals surface area contributed by atoms with Crippen molar-refractivity contribution >= 4 is 5.91 Å². The zero-order valence-corrected chi connectivity index (χ0v) is 16.4. The van der Waals surface area contributed by atoms with Crippen LogP contribution in [0, 0.1) is 5.82 Å². The van der Waals surface area contributed by atoms with Gasteiger partial charge in [0.25, 0.3) is 5.91 Å². The predicted octanol–water partition coefficient (Wildman–Crippen LogP) is 3.90. The predicted molar refractivity (Wildman–Crippen MR) is 103 cm³/mol. The van der Waals surface area contributed by atoms with Crippen LogP contribution < -0.4 is 0 Å². The highest BCUT2D eigenvalue weighted by molar-refractivity contribution is 5.94. The Balaban J connectivity index is 1.64. The number of carbonyl (C=O) groups is 1. The van der Waals surface area contributed by atoms with Crippen LogP contribution in [-0.4, -0.2) is 37.1 Å². The third-order valence-corrected chi connectivity index (χ3v) is 5.12. The molecule has 6 nitrogen and oxygen atoms in total. The van der Waals surface area contributed by atoms with Gasteiger partial charge in [0.05, 0.1) is 11.7 Å². The van der Waals surface area contributed by atoms with Crippen molar-refractivity contribution in [3.63, 3.8) is 0 Å². The molecule has 0 unspecified atom stereocenters. The van der Waals surface area contributed by atoms with E-state index >= 15 is 0 Å². The summed E-state index contributed by atoms with van der Waals surface area (Å²) in [4.78, 5) is 19.0. The molecule has 3 heterocycles. The number of nitrogens with zero attached hydrogens (tertiary/aromatic N) is 5. The van der Waals surface area contributed by atoms with Crippen LogP contribution >= 0.6 is 0 Å². The Hall–Kier alpha value is -3.16. The SMILES string of the molecule is C[C@@H]1c2nnc(-c3cccc(C(C)(C)F)n3)n2CCN1C(=O)c1ccc(F)cc1. The van der Waals surface area contributed by atoms with Gasteiger partial charge in [0.15, 0.2) is 11.6 Å². The van der Waals surface area contributed by atoms with Gasteiger partial charge < -0.3 is 9.47 Å². The van der Waals surface area contributed by atoms with Crippen LogP contribution in [0.4, 0.5) is 8.78 Å². The molecule has 1 aromatic carbocycles. The fourth-order valence-corrected chi connectivity index (χ4v) is 3.50. The van der Waals surface area contributed by atoms with Gasteiger partial charge in [0.1, 0.15) is 17.2 Å². The van der Waals surface area contributed by atoms with Crippen molar-refractivity contribution < 1.29 is 13.6 Å². The minimum Gasteiger partial charge on any atom is -0.327 e. The maximum Gasteiger partial charge on any atom is 0.254 e. The lowest BCUT2D eigenvalue weighted by atomic mass is 10.1. The van der Waals surface area contributed by atoms with Crippen molar-refractivity contribution in [1.29, 1.82) is 0 Å². The molecule has 0 N–H and O–H groups in total. The van der Waals surface area contributed by atoms with Crippen molar-refractivity contribution in [3.05, 3.63) is 65.4 Å². The fourth-order valence-electron chi connectivity index (χ4n) is 3.50. The summed E-state index contributed by atoms with van der Waals surface area (Å²) in [6.45, 7) is 5.72. The number of hydrogen-bond acceptors (Lipinski definition) is 4. The molecule has 0 fully saturated rings. The molecule has 0 saturated heterocycles. The number of halogens is 2. The third kappa shape index (κ3) is 3.50. The summed E-state index contributed by atoms with van der Waals surface area (Å²) >= 11 is 0. The molecule has 3 aromatic rings. The second kappa shape index (κ2) is 7.02. The molecule has 8 heteroatoms. The first-order valence-corrected chi connectivity index (χ1v) is 9.42. The number of hydrogen-bond donors (Lipinski definition) is 0. The Morgan fingerprint density at radius 2 is 1.83 bits per heavy atom. The van der Waals surface area contributed by atoms with E-state index in [-0.39, 0.29) is 17.8 Å². The van der Waals surface area contributed by atoms with Gasteiger partial charge in [-0.1, -0.05) is 6.07 Å². The van der Waals surface area contributed by atoms with Crippen molar-refractivity contribution in [2.24, 2.45) is 0 Å². The van der Waals surface area contributed by atoms with Crippen LogP contribution in [0.15, 0.2) is 42.5 Å². The lowest BCUT2D eigenvalue weighted by molar-refractivity contribution is 0.0638. The molecule has 4 rings (SSSR count). The minimum absolute atomic E-state index is 0.187. The van der Waals surface area contributed by atoms with E-state index in [4.69, 9.17) is 0 Å². The largest absolute Gasteiger partial charge is 0.327 e. The summed E-state index contributed by atoms with van der Waals surface area (Å²) < 4.78 is 29.4. The van der Waals surface area contributed by atoms with E-state index in [1.54, 1.807) is 23.1 Å². The molecule has 0 radical (unpaired) electrons. The molecular weight excluding hydrogens is 376 g/mol. The zero-order chi connectivity index (χ0) is 20.8. The molecule has 0 aliphatic carbocycles. The van der Waals surface area contributed by atoms with Crippen molar-refractivity contribution in [1.82, 2.24) is 24.6 Å². The minimum atomic E-state index is -1.56. The first kappa shape index (κ1) is 19.2. The number of rotatable bonds is 3. The number of benzene rings is 1. The Labute approximate surface area is 167 Å². The van der Waals surface area contributed by atoms with Gasteiger partial charge >= 0.3 is 0 Å². The number of carbonyl (C=O) groups excluding carboxylic acids is 1. The van der Waals surface area contributed by atoms with Crippen LogP contribution in [0.5, 0.6) is 0 Å². The lowest BCUT2D eigenvalue weighted by Gasteiger charge is -2.33. The molecule has 0 bridgehead atoms. The van der Waals surface area contributed by atoms with Gasteiger partial charge in [-0.25, -0.2) is 13.8 Å². The van der Waals surface area contributed by atoms with Gasteiger partial charge in [-0.05, 0) is 57.2 Å². The first-order valence-electron chi connectivity index (χ1n) is 9.42. The quantitative estimate of drug-likeness (QED) is 0.672. The van der Waals surface area contributed by atoms with E-state index in [2.05, 4.69) is 15.2 Å². The van der Waals surface area contributed by atoms with Crippen LogP contribution in [0.25, 0.3) is 11.5 Å². The number of amides is 1. The van der Waals surface area contributed by atoms with Gasteiger partial charge in [0.2, 0.25) is 0 Å². The maximum absolute atomic E-state index is 14.3. The lowest BCUT2D eigenvalue weighted by Crippen LogP contribution is -2.41. The number of aromatic nitrogens is 4. The standard InChI is InChI=1S/C21H21F2N5O/c1-13-18-25-26-19(16-5-4-6-17(24-16)21(2,3)23)28(18)12-11-27(13)20(29)14-7-9-15(22)10-8-14/h4-10,13H,11-12H2,1-3H3/t13-/m1/s1. The summed E-state index contributed by atoms with van der Waals surface area (Å²) in [6, 6.07) is 10.3. The Kier molecular flexibility index (Phi) is 4.64. The van der Waals surface area contributed by atoms with Crippen molar-refractivity contribution in [3.8, 4) is 11.5 Å². The van der Waals surface area contributed by atoms with Gasteiger partial charge in [0, 0.05) is 18.7 Å². The molecular formula is C21H21F2N5O. The highest BCUT2D eigenvalue weighted by Gasteiger charge is 2.32. The summed E-state index contributed by atoms with van der Waals surface area (Å²) in [5, 5.41) is 8.53. The van der Waals surface area contributed by atoms with E-state index < -0.39 is 5.67 Å². The number of alkyl halides is 1. The summed E-state index contributed by atoms with van der Waals surface area (Å²) in [7, 11) is 0. The maximum atomic E-state index is 14.3. The van der Waals surface area contributed by atoms with Gasteiger partial charge in [-0.15, -0.1) is 10.2 Å². The molecule has 1 aliphatic rings. The Bertz CT molecular complexity index is 1060. The van der Waals surface area contributed by atoms with E-state index in [1.165, 1.54) is 38.1 Å². The smallest absolute Gasteiger partial charge is 0.254 e. The fraction of sp³-hybridized carbons (Fsp3) is 0.333. The average molecular weight is 397 g/mol.